The second kappa shape index (κ2) is 3.21. The van der Waals surface area contributed by atoms with Crippen LogP contribution in [-0.2, 0) is 10.0 Å². The topological polar surface area (TPSA) is 103 Å². The summed E-state index contributed by atoms with van der Waals surface area (Å²) < 4.78 is 23.2. The van der Waals surface area contributed by atoms with Gasteiger partial charge in [-0.25, -0.2) is 8.42 Å². The number of hydrogen-bond donors (Lipinski definition) is 1. The molecule has 0 aromatic carbocycles. The SMILES string of the molecule is C=CC(O)S(=O)(=O)N=[N+]=[N-]. The van der Waals surface area contributed by atoms with Crippen LogP contribution in [0.4, 0.5) is 0 Å². The lowest BCUT2D eigenvalue weighted by atomic mass is 10.7. The highest BCUT2D eigenvalue weighted by Gasteiger charge is 2.16. The second-order valence-corrected chi connectivity index (χ2v) is 2.99. The van der Waals surface area contributed by atoms with E-state index in [1.807, 2.05) is 4.91 Å². The Labute approximate surface area is 57.5 Å². The van der Waals surface area contributed by atoms with E-state index >= 15 is 0 Å². The molecule has 0 radical (unpaired) electrons. The lowest BCUT2D eigenvalue weighted by Crippen LogP contribution is -2.14. The van der Waals surface area contributed by atoms with Gasteiger partial charge in [0, 0.05) is 9.43 Å². The fraction of sp³-hybridized carbons (Fsp3) is 0.333. The number of hydrogen-bond acceptors (Lipinski definition) is 3. The number of aliphatic hydroxyl groups is 1. The molecule has 0 amide bonds. The van der Waals surface area contributed by atoms with Gasteiger partial charge < -0.3 is 5.11 Å². The Morgan fingerprint density at radius 3 is 2.60 bits per heavy atom. The van der Waals surface area contributed by atoms with Crippen LogP contribution in [0.15, 0.2) is 17.2 Å². The second-order valence-electron chi connectivity index (χ2n) is 1.31. The van der Waals surface area contributed by atoms with Gasteiger partial charge in [0.15, 0.2) is 5.44 Å². The Balaban J connectivity index is 4.74. The molecule has 0 heterocycles. The maximum absolute atomic E-state index is 10.4. The van der Waals surface area contributed by atoms with Gasteiger partial charge in [-0.2, -0.15) is 0 Å². The summed E-state index contributed by atoms with van der Waals surface area (Å²) in [6, 6.07) is 0. The monoisotopic (exact) mass is 163 g/mol. The highest BCUT2D eigenvalue weighted by Crippen LogP contribution is 2.00. The zero-order valence-electron chi connectivity index (χ0n) is 4.88. The molecule has 0 aromatic heterocycles. The van der Waals surface area contributed by atoms with Crippen molar-refractivity contribution in [3.05, 3.63) is 23.1 Å². The van der Waals surface area contributed by atoms with Gasteiger partial charge in [0.1, 0.15) is 0 Å². The number of nitrogens with zero attached hydrogens (tertiary/aromatic N) is 3. The van der Waals surface area contributed by atoms with Crippen molar-refractivity contribution < 1.29 is 13.5 Å². The first kappa shape index (κ1) is 8.96. The Bertz CT molecular complexity index is 263. The highest BCUT2D eigenvalue weighted by atomic mass is 32.2. The summed E-state index contributed by atoms with van der Waals surface area (Å²) in [5.41, 5.74) is 5.86. The van der Waals surface area contributed by atoms with Gasteiger partial charge in [0.25, 0.3) is 10.0 Å². The van der Waals surface area contributed by atoms with Crippen LogP contribution in [0.1, 0.15) is 0 Å². The Morgan fingerprint density at radius 2 is 2.30 bits per heavy atom. The van der Waals surface area contributed by atoms with Gasteiger partial charge >= 0.3 is 0 Å². The van der Waals surface area contributed by atoms with E-state index in [4.69, 9.17) is 10.6 Å². The maximum atomic E-state index is 10.4. The molecule has 0 aliphatic rings. The summed E-state index contributed by atoms with van der Waals surface area (Å²) in [6.45, 7) is 3.00. The molecule has 0 spiro atoms. The molecular formula is C3H5N3O3S. The van der Waals surface area contributed by atoms with Crippen molar-refractivity contribution in [2.75, 3.05) is 0 Å². The van der Waals surface area contributed by atoms with Crippen LogP contribution >= 0.6 is 0 Å². The van der Waals surface area contributed by atoms with Crippen molar-refractivity contribution in [2.45, 2.75) is 5.44 Å². The molecule has 0 aliphatic heterocycles. The summed E-state index contributed by atoms with van der Waals surface area (Å²) in [5.74, 6) is 0. The van der Waals surface area contributed by atoms with E-state index in [9.17, 15) is 8.42 Å². The molecule has 56 valence electrons. The summed E-state index contributed by atoms with van der Waals surface area (Å²) in [6.07, 6.45) is 0.754. The van der Waals surface area contributed by atoms with E-state index in [-0.39, 0.29) is 0 Å². The standard InChI is InChI=1S/C3H5N3O3S/c1-2-3(7)10(8,9)6-5-4/h2-3,7H,1H2. The van der Waals surface area contributed by atoms with Crippen molar-refractivity contribution >= 4 is 10.0 Å². The molecular weight excluding hydrogens is 158 g/mol. The molecule has 0 aliphatic carbocycles. The van der Waals surface area contributed by atoms with Gasteiger partial charge in [-0.15, -0.1) is 0 Å². The molecule has 6 nitrogen and oxygen atoms in total. The molecule has 1 N–H and O–H groups in total. The van der Waals surface area contributed by atoms with Crippen LogP contribution in [0.5, 0.6) is 0 Å². The molecule has 0 rings (SSSR count). The molecule has 0 fully saturated rings. The lowest BCUT2D eigenvalue weighted by Gasteiger charge is -1.97. The minimum atomic E-state index is -4.11. The molecule has 0 aromatic rings. The third-order valence-corrected chi connectivity index (χ3v) is 1.76. The third-order valence-electron chi connectivity index (χ3n) is 0.657. The molecule has 0 saturated carbocycles. The van der Waals surface area contributed by atoms with Crippen LogP contribution in [-0.4, -0.2) is 19.0 Å². The molecule has 7 heteroatoms. The van der Waals surface area contributed by atoms with Crippen LogP contribution in [0, 0.1) is 0 Å². The van der Waals surface area contributed by atoms with Gasteiger partial charge in [0.05, 0.1) is 0 Å². The minimum Gasteiger partial charge on any atom is -0.373 e. The van der Waals surface area contributed by atoms with Crippen LogP contribution in [0.3, 0.4) is 0 Å². The fourth-order valence-electron chi connectivity index (χ4n) is 0.221. The Morgan fingerprint density at radius 1 is 1.80 bits per heavy atom. The average molecular weight is 163 g/mol. The van der Waals surface area contributed by atoms with E-state index in [0.29, 0.717) is 0 Å². The maximum Gasteiger partial charge on any atom is 0.265 e. The lowest BCUT2D eigenvalue weighted by molar-refractivity contribution is 0.294. The summed E-state index contributed by atoms with van der Waals surface area (Å²) in [4.78, 5) is 2.01. The fourth-order valence-corrected chi connectivity index (χ4v) is 0.662. The largest absolute Gasteiger partial charge is 0.373 e. The molecule has 1 atom stereocenters. The molecule has 0 bridgehead atoms. The predicted octanol–water partition coefficient (Wildman–Crippen LogP) is 0.131. The normalized spacial score (nSPS) is 13.3. The number of rotatable bonds is 3. The zero-order chi connectivity index (χ0) is 8.20. The summed E-state index contributed by atoms with van der Waals surface area (Å²) in [7, 11) is -4.11. The van der Waals surface area contributed by atoms with Crippen molar-refractivity contribution in [1.29, 1.82) is 0 Å². The average Bonchev–Trinajstić information content (AvgIpc) is 1.86. The molecule has 1 unspecified atom stereocenters. The molecule has 10 heavy (non-hydrogen) atoms. The quantitative estimate of drug-likeness (QED) is 0.276. The van der Waals surface area contributed by atoms with Crippen LogP contribution < -0.4 is 0 Å². The summed E-state index contributed by atoms with van der Waals surface area (Å²) >= 11 is 0. The van der Waals surface area contributed by atoms with Gasteiger partial charge in [0.2, 0.25) is 0 Å². The van der Waals surface area contributed by atoms with Crippen molar-refractivity contribution in [1.82, 2.24) is 0 Å². The zero-order valence-corrected chi connectivity index (χ0v) is 5.69. The van der Waals surface area contributed by atoms with E-state index in [1.54, 1.807) is 0 Å². The van der Waals surface area contributed by atoms with Crippen LogP contribution in [0.25, 0.3) is 10.4 Å². The Kier molecular flexibility index (Phi) is 2.88. The van der Waals surface area contributed by atoms with Gasteiger partial charge in [-0.3, -0.25) is 0 Å². The van der Waals surface area contributed by atoms with Gasteiger partial charge in [-0.1, -0.05) is 6.58 Å². The van der Waals surface area contributed by atoms with Crippen molar-refractivity contribution in [2.24, 2.45) is 4.52 Å². The number of azide groups is 1. The van der Waals surface area contributed by atoms with Gasteiger partial charge in [-0.05, 0) is 11.6 Å². The van der Waals surface area contributed by atoms with Crippen LogP contribution in [0.2, 0.25) is 0 Å². The van der Waals surface area contributed by atoms with E-state index in [2.05, 4.69) is 11.1 Å². The smallest absolute Gasteiger partial charge is 0.265 e. The van der Waals surface area contributed by atoms with E-state index in [1.165, 1.54) is 0 Å². The first-order valence-electron chi connectivity index (χ1n) is 2.15. The highest BCUT2D eigenvalue weighted by molar-refractivity contribution is 7.90. The first-order valence-corrected chi connectivity index (χ1v) is 3.65. The summed E-state index contributed by atoms with van der Waals surface area (Å²) in [5, 5.41) is 8.55. The van der Waals surface area contributed by atoms with E-state index in [0.717, 1.165) is 6.08 Å². The predicted molar refractivity (Wildman–Crippen MR) is 34.3 cm³/mol. The first-order chi connectivity index (χ1) is 4.54. The van der Waals surface area contributed by atoms with E-state index < -0.39 is 15.5 Å². The van der Waals surface area contributed by atoms with Crippen molar-refractivity contribution in [3.63, 3.8) is 0 Å². The number of sulfonamides is 1. The minimum absolute atomic E-state index is 0.754. The third kappa shape index (κ3) is 2.06. The molecule has 0 saturated heterocycles. The Hall–Kier alpha value is -1.04. The van der Waals surface area contributed by atoms with Crippen molar-refractivity contribution in [3.8, 4) is 0 Å². The number of aliphatic hydroxyl groups excluding tert-OH is 1.